The number of hydrogen-bond acceptors (Lipinski definition) is 11. The maximum atomic E-state index is 13.9. The number of unbranched alkanes of at least 4 members (excludes halogenated alkanes) is 2. The molecule has 54 heavy (non-hydrogen) atoms. The molecule has 0 atom stereocenters. The standard InChI is InChI=1S/C40H46N8O4S2/c1-26-31(23-42-48(26)24-27-11-5-3-6-12-27)29-17-18-34(44-36(29)38(51)46-53-22-8-4-7-16-35(49)52-2)47-21-19-28-13-9-14-30(32(28)25-47)37(50)45-40-43-33-15-10-20-41-39(33)54-40/h9-10,13-15,17-18,20,23,27H,3-8,11-12,16,19,21-22,24-25H2,1-2H3,(H,46,51)(H,43,45,50). The number of carbonyl (C=O) groups excluding carboxylic acids is 3. The fourth-order valence-electron chi connectivity index (χ4n) is 7.39. The lowest BCUT2D eigenvalue weighted by molar-refractivity contribution is -0.140. The van der Waals surface area contributed by atoms with Crippen LogP contribution in [0.5, 0.6) is 0 Å². The van der Waals surface area contributed by atoms with Gasteiger partial charge in [-0.1, -0.05) is 61.1 Å². The first-order valence-corrected chi connectivity index (χ1v) is 20.6. The summed E-state index contributed by atoms with van der Waals surface area (Å²) in [5.74, 6) is 1.30. The van der Waals surface area contributed by atoms with Gasteiger partial charge in [0, 0.05) is 60.4 Å². The van der Waals surface area contributed by atoms with Crippen LogP contribution in [0, 0.1) is 12.8 Å². The minimum Gasteiger partial charge on any atom is -0.469 e. The van der Waals surface area contributed by atoms with E-state index in [0.717, 1.165) is 70.5 Å². The van der Waals surface area contributed by atoms with E-state index in [1.54, 1.807) is 6.20 Å². The molecular formula is C40H46N8O4S2. The molecule has 1 fully saturated rings. The highest BCUT2D eigenvalue weighted by molar-refractivity contribution is 7.97. The van der Waals surface area contributed by atoms with Crippen LogP contribution in [0.3, 0.4) is 0 Å². The zero-order chi connectivity index (χ0) is 37.4. The second kappa shape index (κ2) is 17.5. The summed E-state index contributed by atoms with van der Waals surface area (Å²) in [6, 6.07) is 13.5. The van der Waals surface area contributed by atoms with E-state index < -0.39 is 0 Å². The molecule has 1 saturated carbocycles. The smallest absolute Gasteiger partial charge is 0.305 e. The molecule has 0 radical (unpaired) electrons. The summed E-state index contributed by atoms with van der Waals surface area (Å²) in [5, 5.41) is 8.27. The second-order valence-corrected chi connectivity index (χ2v) is 15.9. The number of rotatable bonds is 14. The highest BCUT2D eigenvalue weighted by Crippen LogP contribution is 2.33. The van der Waals surface area contributed by atoms with Crippen LogP contribution in [0.1, 0.15) is 95.5 Å². The quantitative estimate of drug-likeness (QED) is 0.0654. The van der Waals surface area contributed by atoms with Crippen molar-refractivity contribution in [3.05, 3.63) is 82.9 Å². The number of methoxy groups -OCH3 is 1. The van der Waals surface area contributed by atoms with E-state index in [9.17, 15) is 14.4 Å². The molecule has 2 aliphatic rings. The van der Waals surface area contributed by atoms with Gasteiger partial charge in [-0.3, -0.25) is 29.1 Å². The topological polar surface area (TPSA) is 144 Å². The average molecular weight is 767 g/mol. The third-order valence-corrected chi connectivity index (χ3v) is 12.1. The molecule has 282 valence electrons. The van der Waals surface area contributed by atoms with Gasteiger partial charge in [0.05, 0.1) is 13.3 Å². The number of thiazole rings is 1. The number of fused-ring (bicyclic) bond motifs is 2. The van der Waals surface area contributed by atoms with Gasteiger partial charge in [0.25, 0.3) is 11.8 Å². The third-order valence-electron chi connectivity index (χ3n) is 10.4. The highest BCUT2D eigenvalue weighted by atomic mass is 32.2. The lowest BCUT2D eigenvalue weighted by Crippen LogP contribution is -2.33. The average Bonchev–Trinajstić information content (AvgIpc) is 3.78. The minimum atomic E-state index is -0.270. The molecule has 1 aliphatic heterocycles. The molecule has 1 aromatic carbocycles. The number of amides is 2. The van der Waals surface area contributed by atoms with Gasteiger partial charge in [0.2, 0.25) is 0 Å². The van der Waals surface area contributed by atoms with Crippen LogP contribution in [0.4, 0.5) is 10.9 Å². The molecular weight excluding hydrogens is 721 g/mol. The van der Waals surface area contributed by atoms with Gasteiger partial charge in [0.1, 0.15) is 21.9 Å². The molecule has 2 N–H and O–H groups in total. The zero-order valence-corrected chi connectivity index (χ0v) is 32.4. The summed E-state index contributed by atoms with van der Waals surface area (Å²) in [4.78, 5) is 55.9. The molecule has 0 saturated heterocycles. The number of carbonyl (C=O) groups is 3. The molecule has 14 heteroatoms. The Morgan fingerprint density at radius 3 is 2.69 bits per heavy atom. The van der Waals surface area contributed by atoms with Gasteiger partial charge in [-0.2, -0.15) is 5.10 Å². The van der Waals surface area contributed by atoms with Gasteiger partial charge in [-0.25, -0.2) is 15.0 Å². The fraction of sp³-hybridized carbons (Fsp3) is 0.425. The van der Waals surface area contributed by atoms with Gasteiger partial charge in [-0.05, 0) is 86.4 Å². The Morgan fingerprint density at radius 1 is 0.981 bits per heavy atom. The van der Waals surface area contributed by atoms with E-state index in [1.165, 1.54) is 62.5 Å². The van der Waals surface area contributed by atoms with Crippen molar-refractivity contribution in [3.8, 4) is 11.1 Å². The van der Waals surface area contributed by atoms with Crippen molar-refractivity contribution in [2.24, 2.45) is 5.92 Å². The summed E-state index contributed by atoms with van der Waals surface area (Å²) < 4.78 is 9.85. The van der Waals surface area contributed by atoms with Crippen LogP contribution in [0.15, 0.2) is 54.9 Å². The molecule has 12 nitrogen and oxygen atoms in total. The Kier molecular flexibility index (Phi) is 12.2. The predicted molar refractivity (Wildman–Crippen MR) is 214 cm³/mol. The van der Waals surface area contributed by atoms with Crippen LogP contribution in [-0.2, 0) is 29.0 Å². The zero-order valence-electron chi connectivity index (χ0n) is 30.8. The summed E-state index contributed by atoms with van der Waals surface area (Å²) in [6.07, 6.45) is 13.5. The number of benzene rings is 1. The number of anilines is 2. The van der Waals surface area contributed by atoms with Gasteiger partial charge < -0.3 is 9.64 Å². The first-order chi connectivity index (χ1) is 26.4. The van der Waals surface area contributed by atoms with Crippen LogP contribution >= 0.6 is 23.3 Å². The number of esters is 1. The lowest BCUT2D eigenvalue weighted by atomic mass is 9.89. The number of ether oxygens (including phenoxy) is 1. The van der Waals surface area contributed by atoms with E-state index in [1.807, 2.05) is 42.6 Å². The molecule has 2 amide bonds. The summed E-state index contributed by atoms with van der Waals surface area (Å²) in [7, 11) is 1.40. The first-order valence-electron chi connectivity index (χ1n) is 18.8. The maximum Gasteiger partial charge on any atom is 0.305 e. The number of nitrogens with zero attached hydrogens (tertiary/aromatic N) is 6. The number of nitrogens with one attached hydrogen (secondary N) is 2. The van der Waals surface area contributed by atoms with Gasteiger partial charge >= 0.3 is 5.97 Å². The van der Waals surface area contributed by atoms with Crippen molar-refractivity contribution < 1.29 is 19.1 Å². The Bertz CT molecular complexity index is 2090. The third kappa shape index (κ3) is 8.76. The Hall–Kier alpha value is -4.82. The van der Waals surface area contributed by atoms with E-state index in [-0.39, 0.29) is 17.8 Å². The molecule has 7 rings (SSSR count). The van der Waals surface area contributed by atoms with E-state index in [4.69, 9.17) is 14.8 Å². The molecule has 0 bridgehead atoms. The Balaban J connectivity index is 1.11. The van der Waals surface area contributed by atoms with Gasteiger partial charge in [0.15, 0.2) is 5.13 Å². The molecule has 0 unspecified atom stereocenters. The molecule has 4 aromatic heterocycles. The van der Waals surface area contributed by atoms with E-state index in [0.29, 0.717) is 53.4 Å². The Labute approximate surface area is 323 Å². The van der Waals surface area contributed by atoms with Crippen molar-refractivity contribution >= 4 is 62.4 Å². The van der Waals surface area contributed by atoms with Crippen molar-refractivity contribution in [2.45, 2.75) is 84.2 Å². The highest BCUT2D eigenvalue weighted by Gasteiger charge is 2.26. The fourth-order valence-corrected chi connectivity index (χ4v) is 8.87. The van der Waals surface area contributed by atoms with Crippen LogP contribution in [0.25, 0.3) is 21.5 Å². The number of aromatic nitrogens is 5. The van der Waals surface area contributed by atoms with Crippen LogP contribution in [0.2, 0.25) is 0 Å². The van der Waals surface area contributed by atoms with Crippen molar-refractivity contribution in [2.75, 3.05) is 29.6 Å². The Morgan fingerprint density at radius 2 is 1.85 bits per heavy atom. The van der Waals surface area contributed by atoms with Crippen molar-refractivity contribution in [1.29, 1.82) is 0 Å². The predicted octanol–water partition coefficient (Wildman–Crippen LogP) is 7.76. The largest absolute Gasteiger partial charge is 0.469 e. The maximum absolute atomic E-state index is 13.9. The van der Waals surface area contributed by atoms with Crippen LogP contribution in [-0.4, -0.2) is 61.9 Å². The van der Waals surface area contributed by atoms with E-state index >= 15 is 0 Å². The summed E-state index contributed by atoms with van der Waals surface area (Å²) >= 11 is 2.70. The molecule has 1 aliphatic carbocycles. The van der Waals surface area contributed by atoms with Gasteiger partial charge in [-0.15, -0.1) is 0 Å². The van der Waals surface area contributed by atoms with Crippen molar-refractivity contribution in [3.63, 3.8) is 0 Å². The summed E-state index contributed by atoms with van der Waals surface area (Å²) in [6.45, 7) is 4.10. The molecule has 0 spiro atoms. The van der Waals surface area contributed by atoms with Crippen LogP contribution < -0.4 is 14.9 Å². The van der Waals surface area contributed by atoms with Crippen molar-refractivity contribution in [1.82, 2.24) is 29.5 Å². The number of hydrogen-bond donors (Lipinski definition) is 2. The SMILES string of the molecule is COC(=O)CCCCCSNC(=O)c1nc(N2CCc3cccc(C(=O)Nc4nc5cccnc5s4)c3C2)ccc1-c1cnn(CC2CCCCC2)c1C. The minimum absolute atomic E-state index is 0.203. The first kappa shape index (κ1) is 37.5. The van der Waals surface area contributed by atoms with E-state index in [2.05, 4.69) is 42.6 Å². The number of pyridine rings is 2. The summed E-state index contributed by atoms with van der Waals surface area (Å²) in [5.41, 5.74) is 6.38. The lowest BCUT2D eigenvalue weighted by Gasteiger charge is -2.31. The molecule has 5 heterocycles. The monoisotopic (exact) mass is 766 g/mol. The normalized spacial score (nSPS) is 14.5. The second-order valence-electron chi connectivity index (χ2n) is 14.0. The molecule has 5 aromatic rings.